The minimum atomic E-state index is -0.533. The lowest BCUT2D eigenvalue weighted by Crippen LogP contribution is -2.45. The quantitative estimate of drug-likeness (QED) is 0.470. The second-order valence-corrected chi connectivity index (χ2v) is 9.81. The molecule has 0 amide bonds. The van der Waals surface area contributed by atoms with Crippen LogP contribution in [0, 0.1) is 11.8 Å². The Morgan fingerprint density at radius 1 is 0.613 bits per heavy atom. The van der Waals surface area contributed by atoms with Crippen LogP contribution in [0.1, 0.15) is 89.5 Å². The molecule has 0 bridgehead atoms. The third-order valence-electron chi connectivity index (χ3n) is 9.64. The number of hydrogen-bond donors (Lipinski definition) is 4. The predicted molar refractivity (Wildman–Crippen MR) is 123 cm³/mol. The van der Waals surface area contributed by atoms with E-state index in [0.29, 0.717) is 0 Å². The first kappa shape index (κ1) is 21.9. The van der Waals surface area contributed by atoms with Crippen LogP contribution in [0.4, 0.5) is 0 Å². The molecule has 1 spiro atoms. The van der Waals surface area contributed by atoms with Crippen molar-refractivity contribution in [2.24, 2.45) is 11.8 Å². The van der Waals surface area contributed by atoms with Crippen LogP contribution in [0.2, 0.25) is 0 Å². The predicted octanol–water partition coefficient (Wildman–Crippen LogP) is 6.21. The van der Waals surface area contributed by atoms with Crippen LogP contribution < -0.4 is 0 Å². The molecule has 2 aromatic carbocycles. The van der Waals surface area contributed by atoms with Crippen LogP contribution in [0.3, 0.4) is 0 Å². The van der Waals surface area contributed by atoms with Gasteiger partial charge in [-0.2, -0.15) is 0 Å². The molecule has 0 saturated heterocycles. The molecule has 0 aromatic heterocycles. The molecule has 4 heteroatoms. The largest absolute Gasteiger partial charge is 0.508 e. The number of fused-ring (bicyclic) bond motifs is 4. The summed E-state index contributed by atoms with van der Waals surface area (Å²) in [5.74, 6) is 0.598. The van der Waals surface area contributed by atoms with Crippen molar-refractivity contribution in [3.63, 3.8) is 0 Å². The van der Waals surface area contributed by atoms with E-state index in [0.717, 1.165) is 47.9 Å². The Bertz CT molecular complexity index is 947. The van der Waals surface area contributed by atoms with Gasteiger partial charge in [-0.1, -0.05) is 41.5 Å². The summed E-state index contributed by atoms with van der Waals surface area (Å²) in [6.07, 6.45) is 3.43. The molecule has 0 fully saturated rings. The molecule has 31 heavy (non-hydrogen) atoms. The Morgan fingerprint density at radius 3 is 1.23 bits per heavy atom. The molecule has 4 rings (SSSR count). The summed E-state index contributed by atoms with van der Waals surface area (Å²) in [5.41, 5.74) is 2.68. The first-order valence-electron chi connectivity index (χ1n) is 11.8. The Hall–Kier alpha value is -2.36. The van der Waals surface area contributed by atoms with Gasteiger partial charge in [-0.15, -0.1) is 0 Å². The van der Waals surface area contributed by atoms with Crippen molar-refractivity contribution in [1.82, 2.24) is 0 Å². The Balaban J connectivity index is 2.24. The summed E-state index contributed by atoms with van der Waals surface area (Å²) >= 11 is 0. The van der Waals surface area contributed by atoms with Gasteiger partial charge in [0.15, 0.2) is 0 Å². The standard InChI is InChI=1S/C27H36O4/c1-7-25(8-2)15(5)27(19-11-17(28)13-21(30)23(19)25)16(6)26(9-3,10-4)24-20(27)12-18(29)14-22(24)31/h11-16,28-31H,7-10H2,1-6H3. The summed E-state index contributed by atoms with van der Waals surface area (Å²) in [7, 11) is 0. The average molecular weight is 425 g/mol. The number of phenolic OH excluding ortho intramolecular Hbond substituents is 4. The lowest BCUT2D eigenvalue weighted by molar-refractivity contribution is 0.128. The van der Waals surface area contributed by atoms with E-state index in [9.17, 15) is 20.4 Å². The van der Waals surface area contributed by atoms with E-state index < -0.39 is 5.41 Å². The maximum absolute atomic E-state index is 11.1. The van der Waals surface area contributed by atoms with Crippen molar-refractivity contribution < 1.29 is 20.4 Å². The average Bonchev–Trinajstić information content (AvgIpc) is 3.08. The van der Waals surface area contributed by atoms with Crippen molar-refractivity contribution in [1.29, 1.82) is 0 Å². The smallest absolute Gasteiger partial charge is 0.123 e. The third-order valence-corrected chi connectivity index (χ3v) is 9.64. The Labute approximate surface area is 185 Å². The van der Waals surface area contributed by atoms with Gasteiger partial charge >= 0.3 is 0 Å². The van der Waals surface area contributed by atoms with Crippen LogP contribution in [0.5, 0.6) is 23.0 Å². The molecule has 2 atom stereocenters. The second kappa shape index (κ2) is 6.82. The van der Waals surface area contributed by atoms with Gasteiger partial charge in [0, 0.05) is 39.5 Å². The highest BCUT2D eigenvalue weighted by Crippen LogP contribution is 2.73. The molecule has 2 aliphatic rings. The van der Waals surface area contributed by atoms with Crippen LogP contribution in [-0.2, 0) is 16.2 Å². The van der Waals surface area contributed by atoms with Gasteiger partial charge in [-0.25, -0.2) is 0 Å². The second-order valence-electron chi connectivity index (χ2n) is 9.81. The monoisotopic (exact) mass is 424 g/mol. The summed E-state index contributed by atoms with van der Waals surface area (Å²) in [5, 5.41) is 43.3. The van der Waals surface area contributed by atoms with E-state index in [1.165, 1.54) is 12.1 Å². The van der Waals surface area contributed by atoms with Gasteiger partial charge in [0.1, 0.15) is 23.0 Å². The zero-order chi connectivity index (χ0) is 22.9. The summed E-state index contributed by atoms with van der Waals surface area (Å²) in [4.78, 5) is 0. The molecule has 4 nitrogen and oxygen atoms in total. The molecule has 0 saturated carbocycles. The fraction of sp³-hybridized carbons (Fsp3) is 0.556. The van der Waals surface area contributed by atoms with Crippen molar-refractivity contribution in [3.05, 3.63) is 46.5 Å². The summed E-state index contributed by atoms with van der Waals surface area (Å²) < 4.78 is 0. The fourth-order valence-corrected chi connectivity index (χ4v) is 8.11. The lowest BCUT2D eigenvalue weighted by atomic mass is 9.57. The highest BCUT2D eigenvalue weighted by atomic mass is 16.3. The zero-order valence-corrected chi connectivity index (χ0v) is 19.6. The van der Waals surface area contributed by atoms with Gasteiger partial charge in [0.05, 0.1) is 0 Å². The molecule has 168 valence electrons. The number of aromatic hydroxyl groups is 4. The number of phenols is 4. The van der Waals surface area contributed by atoms with E-state index in [1.807, 2.05) is 12.1 Å². The number of hydrogen-bond acceptors (Lipinski definition) is 4. The van der Waals surface area contributed by atoms with Gasteiger partial charge < -0.3 is 20.4 Å². The SMILES string of the molecule is CCC1(CC)c2c(O)cc(O)cc2C2(c3cc(O)cc(O)c3C(CC)(CC)C2C)C1C. The number of rotatable bonds is 4. The molecule has 2 unspecified atom stereocenters. The first-order valence-corrected chi connectivity index (χ1v) is 11.8. The fourth-order valence-electron chi connectivity index (χ4n) is 8.11. The van der Waals surface area contributed by atoms with Crippen molar-refractivity contribution in [3.8, 4) is 23.0 Å². The molecule has 4 N–H and O–H groups in total. The van der Waals surface area contributed by atoms with Crippen LogP contribution in [0.15, 0.2) is 24.3 Å². The molecule has 2 aliphatic carbocycles. The minimum absolute atomic E-state index is 0.0504. The van der Waals surface area contributed by atoms with E-state index in [1.54, 1.807) is 0 Å². The maximum Gasteiger partial charge on any atom is 0.123 e. The van der Waals surface area contributed by atoms with Crippen molar-refractivity contribution in [2.75, 3.05) is 0 Å². The highest BCUT2D eigenvalue weighted by molar-refractivity contribution is 5.69. The van der Waals surface area contributed by atoms with E-state index in [2.05, 4.69) is 41.5 Å². The molecule has 0 aliphatic heterocycles. The maximum atomic E-state index is 11.1. The first-order chi connectivity index (χ1) is 14.6. The topological polar surface area (TPSA) is 80.9 Å². The van der Waals surface area contributed by atoms with E-state index >= 15 is 0 Å². The third kappa shape index (κ3) is 2.26. The van der Waals surface area contributed by atoms with Gasteiger partial charge in [-0.05, 0) is 60.8 Å². The lowest BCUT2D eigenvalue weighted by Gasteiger charge is -2.46. The van der Waals surface area contributed by atoms with E-state index in [4.69, 9.17) is 0 Å². The number of benzene rings is 2. The van der Waals surface area contributed by atoms with Crippen LogP contribution >= 0.6 is 0 Å². The van der Waals surface area contributed by atoms with Crippen LogP contribution in [0.25, 0.3) is 0 Å². The van der Waals surface area contributed by atoms with Crippen LogP contribution in [-0.4, -0.2) is 20.4 Å². The normalized spacial score (nSPS) is 27.4. The molecular weight excluding hydrogens is 388 g/mol. The van der Waals surface area contributed by atoms with Crippen molar-refractivity contribution in [2.45, 2.75) is 83.5 Å². The summed E-state index contributed by atoms with van der Waals surface area (Å²) in [6, 6.07) is 6.55. The van der Waals surface area contributed by atoms with Gasteiger partial charge in [-0.3, -0.25) is 0 Å². The van der Waals surface area contributed by atoms with Crippen molar-refractivity contribution >= 4 is 0 Å². The molecule has 0 radical (unpaired) electrons. The Kier molecular flexibility index (Phi) is 4.81. The molecule has 0 heterocycles. The zero-order valence-electron chi connectivity index (χ0n) is 19.6. The summed E-state index contributed by atoms with van der Waals surface area (Å²) in [6.45, 7) is 13.2. The van der Waals surface area contributed by atoms with Gasteiger partial charge in [0.25, 0.3) is 0 Å². The molecular formula is C27H36O4. The molecule has 2 aromatic rings. The Morgan fingerprint density at radius 2 is 0.935 bits per heavy atom. The highest BCUT2D eigenvalue weighted by Gasteiger charge is 2.68. The van der Waals surface area contributed by atoms with E-state index in [-0.39, 0.29) is 45.7 Å². The minimum Gasteiger partial charge on any atom is -0.508 e. The van der Waals surface area contributed by atoms with Gasteiger partial charge in [0.2, 0.25) is 0 Å².